The molecule has 1 N–H and O–H groups in total. The van der Waals surface area contributed by atoms with Gasteiger partial charge in [0.1, 0.15) is 5.75 Å². The zero-order chi connectivity index (χ0) is 15.3. The first kappa shape index (κ1) is 16.3. The number of rotatable bonds is 5. The van der Waals surface area contributed by atoms with Crippen molar-refractivity contribution in [1.29, 1.82) is 0 Å². The van der Waals surface area contributed by atoms with Gasteiger partial charge >= 0.3 is 12.1 Å². The van der Waals surface area contributed by atoms with Gasteiger partial charge in [0.05, 0.1) is 13.2 Å². The summed E-state index contributed by atoms with van der Waals surface area (Å²) in [6.07, 6.45) is -4.86. The third-order valence-electron chi connectivity index (χ3n) is 2.84. The Hall–Kier alpha value is -1.76. The van der Waals surface area contributed by atoms with E-state index < -0.39 is 12.1 Å². The van der Waals surface area contributed by atoms with E-state index in [4.69, 9.17) is 4.74 Å². The highest BCUT2D eigenvalue weighted by Crippen LogP contribution is 2.21. The lowest BCUT2D eigenvalue weighted by Gasteiger charge is -2.25. The minimum Gasteiger partial charge on any atom is -0.497 e. The minimum absolute atomic E-state index is 0.127. The molecule has 1 amide bonds. The van der Waals surface area contributed by atoms with E-state index in [9.17, 15) is 18.0 Å². The van der Waals surface area contributed by atoms with Crippen molar-refractivity contribution in [2.75, 3.05) is 27.7 Å². The molecule has 1 rings (SSSR count). The van der Waals surface area contributed by atoms with Crippen LogP contribution in [0.4, 0.5) is 13.2 Å². The molecule has 112 valence electrons. The van der Waals surface area contributed by atoms with Gasteiger partial charge in [0.2, 0.25) is 0 Å². The van der Waals surface area contributed by atoms with Gasteiger partial charge in [0.15, 0.2) is 0 Å². The van der Waals surface area contributed by atoms with Crippen LogP contribution in [0.3, 0.4) is 0 Å². The minimum atomic E-state index is -4.86. The van der Waals surface area contributed by atoms with E-state index in [1.54, 1.807) is 43.3 Å². The molecule has 0 saturated carbocycles. The van der Waals surface area contributed by atoms with Crippen LogP contribution in [0.2, 0.25) is 0 Å². The first-order chi connectivity index (χ1) is 9.25. The summed E-state index contributed by atoms with van der Waals surface area (Å²) < 4.78 is 41.5. The molecule has 0 aliphatic rings. The molecule has 1 aromatic rings. The topological polar surface area (TPSA) is 41.6 Å². The van der Waals surface area contributed by atoms with Crippen LogP contribution in [-0.4, -0.2) is 44.7 Å². The molecule has 0 saturated heterocycles. The van der Waals surface area contributed by atoms with Crippen LogP contribution in [0, 0.1) is 0 Å². The summed E-state index contributed by atoms with van der Waals surface area (Å²) in [4.78, 5) is 12.6. The highest BCUT2D eigenvalue weighted by atomic mass is 19.4. The number of alkyl halides is 3. The van der Waals surface area contributed by atoms with E-state index in [2.05, 4.69) is 0 Å². The zero-order valence-corrected chi connectivity index (χ0v) is 11.5. The van der Waals surface area contributed by atoms with Crippen molar-refractivity contribution in [3.8, 4) is 5.75 Å². The first-order valence-corrected chi connectivity index (χ1v) is 5.91. The number of hydrogen-bond acceptors (Lipinski definition) is 3. The Labute approximate surface area is 115 Å². The number of nitrogens with one attached hydrogen (secondary N) is 1. The van der Waals surface area contributed by atoms with E-state index in [1.807, 2.05) is 5.32 Å². The molecule has 0 radical (unpaired) electrons. The molecule has 20 heavy (non-hydrogen) atoms. The Morgan fingerprint density at radius 1 is 1.30 bits per heavy atom. The SMILES string of the molecule is COc1ccc(C(CNC(=O)C(F)(F)F)N(C)C)cc1. The number of ether oxygens (including phenoxy) is 1. The largest absolute Gasteiger partial charge is 0.497 e. The quantitative estimate of drug-likeness (QED) is 0.901. The lowest BCUT2D eigenvalue weighted by molar-refractivity contribution is -0.173. The molecule has 0 aliphatic carbocycles. The van der Waals surface area contributed by atoms with Crippen molar-refractivity contribution in [2.24, 2.45) is 0 Å². The first-order valence-electron chi connectivity index (χ1n) is 5.91. The molecule has 0 fully saturated rings. The number of hydrogen-bond donors (Lipinski definition) is 1. The van der Waals surface area contributed by atoms with Gasteiger partial charge in [-0.3, -0.25) is 4.79 Å². The van der Waals surface area contributed by atoms with E-state index in [0.29, 0.717) is 5.75 Å². The number of carbonyl (C=O) groups excluding carboxylic acids is 1. The molecule has 1 aromatic carbocycles. The van der Waals surface area contributed by atoms with Crippen molar-refractivity contribution < 1.29 is 22.7 Å². The molecule has 1 unspecified atom stereocenters. The fourth-order valence-electron chi connectivity index (χ4n) is 1.71. The van der Waals surface area contributed by atoms with Crippen LogP contribution in [0.15, 0.2) is 24.3 Å². The second-order valence-corrected chi connectivity index (χ2v) is 4.46. The second-order valence-electron chi connectivity index (χ2n) is 4.46. The summed E-state index contributed by atoms with van der Waals surface area (Å²) in [6.45, 7) is -0.127. The average molecular weight is 290 g/mol. The van der Waals surface area contributed by atoms with Crippen molar-refractivity contribution >= 4 is 5.91 Å². The van der Waals surface area contributed by atoms with Gasteiger partial charge in [-0.1, -0.05) is 12.1 Å². The fraction of sp³-hybridized carbons (Fsp3) is 0.462. The number of methoxy groups -OCH3 is 1. The molecule has 0 bridgehead atoms. The van der Waals surface area contributed by atoms with Crippen LogP contribution in [0.5, 0.6) is 5.75 Å². The van der Waals surface area contributed by atoms with E-state index >= 15 is 0 Å². The van der Waals surface area contributed by atoms with Gasteiger partial charge < -0.3 is 15.0 Å². The van der Waals surface area contributed by atoms with Gasteiger partial charge in [-0.05, 0) is 31.8 Å². The summed E-state index contributed by atoms with van der Waals surface area (Å²) >= 11 is 0. The van der Waals surface area contributed by atoms with Gasteiger partial charge in [0.25, 0.3) is 0 Å². The molecule has 0 heterocycles. The van der Waals surface area contributed by atoms with Gasteiger partial charge in [-0.15, -0.1) is 0 Å². The van der Waals surface area contributed by atoms with Gasteiger partial charge in [-0.25, -0.2) is 0 Å². The Morgan fingerprint density at radius 2 is 1.85 bits per heavy atom. The molecule has 0 spiro atoms. The summed E-state index contributed by atoms with van der Waals surface area (Å²) in [5, 5.41) is 1.89. The number of likely N-dealkylation sites (N-methyl/N-ethyl adjacent to an activating group) is 1. The number of carbonyl (C=O) groups is 1. The Balaban J connectivity index is 2.76. The predicted octanol–water partition coefficient (Wildman–Crippen LogP) is 1.98. The number of halogens is 3. The van der Waals surface area contributed by atoms with Crippen LogP contribution < -0.4 is 10.1 Å². The van der Waals surface area contributed by atoms with Crippen molar-refractivity contribution in [3.63, 3.8) is 0 Å². The third-order valence-corrected chi connectivity index (χ3v) is 2.84. The second kappa shape index (κ2) is 6.60. The third kappa shape index (κ3) is 4.41. The predicted molar refractivity (Wildman–Crippen MR) is 68.5 cm³/mol. The van der Waals surface area contributed by atoms with E-state index in [-0.39, 0.29) is 12.6 Å². The molecule has 4 nitrogen and oxygen atoms in total. The lowest BCUT2D eigenvalue weighted by Crippen LogP contribution is -2.41. The number of benzene rings is 1. The molecule has 0 aromatic heterocycles. The standard InChI is InChI=1S/C13H17F3N2O2/c1-18(2)11(8-17-12(19)13(14,15)16)9-4-6-10(20-3)7-5-9/h4-7,11H,8H2,1-3H3,(H,17,19). The van der Waals surface area contributed by atoms with Gasteiger partial charge in [0, 0.05) is 6.54 Å². The summed E-state index contributed by atoms with van der Waals surface area (Å²) in [7, 11) is 4.99. The summed E-state index contributed by atoms with van der Waals surface area (Å²) in [5.41, 5.74) is 0.790. The normalized spacial score (nSPS) is 13.2. The smallest absolute Gasteiger partial charge is 0.471 e. The van der Waals surface area contributed by atoms with E-state index in [1.165, 1.54) is 7.11 Å². The highest BCUT2D eigenvalue weighted by molar-refractivity contribution is 5.81. The monoisotopic (exact) mass is 290 g/mol. The molecule has 1 atom stereocenters. The molecule has 0 aliphatic heterocycles. The number of amides is 1. The van der Waals surface area contributed by atoms with Crippen LogP contribution in [-0.2, 0) is 4.79 Å². The average Bonchev–Trinajstić information content (AvgIpc) is 2.38. The maximum Gasteiger partial charge on any atom is 0.471 e. The summed E-state index contributed by atoms with van der Waals surface area (Å²) in [5.74, 6) is -1.27. The highest BCUT2D eigenvalue weighted by Gasteiger charge is 2.38. The Bertz CT molecular complexity index is 444. The Kier molecular flexibility index (Phi) is 5.38. The summed E-state index contributed by atoms with van der Waals surface area (Å²) in [6, 6.07) is 6.59. The molecular formula is C13H17F3N2O2. The van der Waals surface area contributed by atoms with Crippen molar-refractivity contribution in [3.05, 3.63) is 29.8 Å². The maximum absolute atomic E-state index is 12.2. The van der Waals surface area contributed by atoms with Gasteiger partial charge in [-0.2, -0.15) is 13.2 Å². The van der Waals surface area contributed by atoms with Crippen molar-refractivity contribution in [1.82, 2.24) is 10.2 Å². The van der Waals surface area contributed by atoms with Crippen LogP contribution in [0.1, 0.15) is 11.6 Å². The van der Waals surface area contributed by atoms with Crippen LogP contribution in [0.25, 0.3) is 0 Å². The lowest BCUT2D eigenvalue weighted by atomic mass is 10.1. The van der Waals surface area contributed by atoms with Crippen molar-refractivity contribution in [2.45, 2.75) is 12.2 Å². The van der Waals surface area contributed by atoms with Crippen LogP contribution >= 0.6 is 0 Å². The zero-order valence-electron chi connectivity index (χ0n) is 11.5. The fourth-order valence-corrected chi connectivity index (χ4v) is 1.71. The maximum atomic E-state index is 12.2. The van der Waals surface area contributed by atoms with E-state index in [0.717, 1.165) is 5.56 Å². The molecular weight excluding hydrogens is 273 g/mol. The number of nitrogens with zero attached hydrogens (tertiary/aromatic N) is 1. The molecule has 7 heteroatoms. The Morgan fingerprint density at radius 3 is 2.25 bits per heavy atom.